The van der Waals surface area contributed by atoms with Gasteiger partial charge in [0.15, 0.2) is 0 Å². The second-order valence-corrected chi connectivity index (χ2v) is 6.07. The number of nitrogens with two attached hydrogens (primary N) is 1. The van der Waals surface area contributed by atoms with Gasteiger partial charge in [-0.2, -0.15) is 11.8 Å². The smallest absolute Gasteiger partial charge is 0.144 e. The van der Waals surface area contributed by atoms with Crippen molar-refractivity contribution in [3.63, 3.8) is 0 Å². The molecule has 2 N–H and O–H groups in total. The molecule has 3 rings (SSSR count). The van der Waals surface area contributed by atoms with Crippen LogP contribution < -0.4 is 5.73 Å². The zero-order chi connectivity index (χ0) is 13.1. The molecule has 0 bridgehead atoms. The molecular formula is C15H17N3S. The third-order valence-corrected chi connectivity index (χ3v) is 4.67. The van der Waals surface area contributed by atoms with Crippen LogP contribution in [-0.2, 0) is 0 Å². The lowest BCUT2D eigenvalue weighted by Crippen LogP contribution is -2.08. The minimum absolute atomic E-state index is 0.403. The highest BCUT2D eigenvalue weighted by Crippen LogP contribution is 2.37. The van der Waals surface area contributed by atoms with Crippen LogP contribution in [0.5, 0.6) is 0 Å². The van der Waals surface area contributed by atoms with E-state index in [2.05, 4.69) is 17.1 Å². The lowest BCUT2D eigenvalue weighted by Gasteiger charge is -2.20. The second kappa shape index (κ2) is 5.61. The Balaban J connectivity index is 1.96. The standard InChI is InChI=1S/C15H17N3S/c16-14-10-12(11-6-2-1-3-7-11)17-15(18-14)13-8-4-5-9-19-13/h1-3,6-7,10,13H,4-5,8-9H2,(H2,16,17,18). The van der Waals surface area contributed by atoms with Crippen molar-refractivity contribution in [2.45, 2.75) is 24.5 Å². The molecule has 0 aliphatic carbocycles. The molecule has 0 spiro atoms. The van der Waals surface area contributed by atoms with E-state index in [-0.39, 0.29) is 0 Å². The number of rotatable bonds is 2. The van der Waals surface area contributed by atoms with Crippen LogP contribution in [0.15, 0.2) is 36.4 Å². The highest BCUT2D eigenvalue weighted by molar-refractivity contribution is 7.99. The first kappa shape index (κ1) is 12.5. The number of thioether (sulfide) groups is 1. The van der Waals surface area contributed by atoms with E-state index in [0.717, 1.165) is 23.5 Å². The largest absolute Gasteiger partial charge is 0.384 e. The molecule has 1 atom stereocenters. The van der Waals surface area contributed by atoms with Crippen molar-refractivity contribution in [2.75, 3.05) is 11.5 Å². The molecule has 1 aromatic heterocycles. The van der Waals surface area contributed by atoms with Gasteiger partial charge in [0.1, 0.15) is 11.6 Å². The highest BCUT2D eigenvalue weighted by atomic mass is 32.2. The van der Waals surface area contributed by atoms with Gasteiger partial charge in [0.25, 0.3) is 0 Å². The van der Waals surface area contributed by atoms with E-state index in [1.54, 1.807) is 0 Å². The topological polar surface area (TPSA) is 51.8 Å². The predicted octanol–water partition coefficient (Wildman–Crippen LogP) is 3.68. The molecule has 2 heterocycles. The van der Waals surface area contributed by atoms with Gasteiger partial charge in [-0.3, -0.25) is 0 Å². The average molecular weight is 271 g/mol. The lowest BCUT2D eigenvalue weighted by molar-refractivity contribution is 0.663. The summed E-state index contributed by atoms with van der Waals surface area (Å²) in [6, 6.07) is 12.0. The monoisotopic (exact) mass is 271 g/mol. The van der Waals surface area contributed by atoms with Crippen molar-refractivity contribution >= 4 is 17.6 Å². The molecule has 1 saturated heterocycles. The molecule has 0 saturated carbocycles. The van der Waals surface area contributed by atoms with Gasteiger partial charge in [-0.25, -0.2) is 9.97 Å². The summed E-state index contributed by atoms with van der Waals surface area (Å²) in [6.45, 7) is 0. The minimum Gasteiger partial charge on any atom is -0.384 e. The second-order valence-electron chi connectivity index (χ2n) is 4.76. The molecule has 1 aliphatic heterocycles. The Morgan fingerprint density at radius 2 is 1.95 bits per heavy atom. The molecule has 0 amide bonds. The number of nitrogens with zero attached hydrogens (tertiary/aromatic N) is 2. The molecule has 3 nitrogen and oxygen atoms in total. The Bertz CT molecular complexity index is 551. The van der Waals surface area contributed by atoms with Crippen molar-refractivity contribution in [1.29, 1.82) is 0 Å². The van der Waals surface area contributed by atoms with Crippen LogP contribution in [0.25, 0.3) is 11.3 Å². The Hall–Kier alpha value is -1.55. The fourth-order valence-electron chi connectivity index (χ4n) is 2.33. The first-order valence-electron chi connectivity index (χ1n) is 6.64. The van der Waals surface area contributed by atoms with Crippen LogP contribution in [0.4, 0.5) is 5.82 Å². The van der Waals surface area contributed by atoms with E-state index in [1.807, 2.05) is 36.0 Å². The van der Waals surface area contributed by atoms with E-state index >= 15 is 0 Å². The van der Waals surface area contributed by atoms with Crippen molar-refractivity contribution < 1.29 is 0 Å². The van der Waals surface area contributed by atoms with Gasteiger partial charge in [-0.1, -0.05) is 36.8 Å². The Kier molecular flexibility index (Phi) is 3.69. The SMILES string of the molecule is Nc1cc(-c2ccccc2)nc(C2CCCCS2)n1. The fourth-order valence-corrected chi connectivity index (χ4v) is 3.57. The highest BCUT2D eigenvalue weighted by Gasteiger charge is 2.19. The number of nitrogen functional groups attached to an aromatic ring is 1. The number of anilines is 1. The zero-order valence-electron chi connectivity index (χ0n) is 10.7. The quantitative estimate of drug-likeness (QED) is 0.905. The first-order chi connectivity index (χ1) is 9.33. The van der Waals surface area contributed by atoms with Gasteiger partial charge >= 0.3 is 0 Å². The van der Waals surface area contributed by atoms with Crippen molar-refractivity contribution in [3.05, 3.63) is 42.2 Å². The minimum atomic E-state index is 0.403. The third kappa shape index (κ3) is 2.89. The summed E-state index contributed by atoms with van der Waals surface area (Å²) < 4.78 is 0. The Labute approximate surface area is 117 Å². The van der Waals surface area contributed by atoms with E-state index in [4.69, 9.17) is 10.7 Å². The molecule has 1 fully saturated rings. The van der Waals surface area contributed by atoms with Crippen LogP contribution in [0.3, 0.4) is 0 Å². The van der Waals surface area contributed by atoms with Gasteiger partial charge in [0.05, 0.1) is 10.9 Å². The maximum absolute atomic E-state index is 5.94. The van der Waals surface area contributed by atoms with Gasteiger partial charge in [0, 0.05) is 11.6 Å². The van der Waals surface area contributed by atoms with Crippen LogP contribution >= 0.6 is 11.8 Å². The number of hydrogen-bond donors (Lipinski definition) is 1. The van der Waals surface area contributed by atoms with Gasteiger partial charge in [-0.05, 0) is 18.6 Å². The summed E-state index contributed by atoms with van der Waals surface area (Å²) in [4.78, 5) is 9.14. The molecule has 0 radical (unpaired) electrons. The predicted molar refractivity (Wildman–Crippen MR) is 80.9 cm³/mol. The number of benzene rings is 1. The molecule has 4 heteroatoms. The first-order valence-corrected chi connectivity index (χ1v) is 7.69. The molecule has 1 aromatic carbocycles. The van der Waals surface area contributed by atoms with Crippen LogP contribution in [0.2, 0.25) is 0 Å². The van der Waals surface area contributed by atoms with E-state index in [9.17, 15) is 0 Å². The molecule has 19 heavy (non-hydrogen) atoms. The number of aromatic nitrogens is 2. The molecule has 2 aromatic rings. The maximum Gasteiger partial charge on any atom is 0.144 e. The summed E-state index contributed by atoms with van der Waals surface area (Å²) >= 11 is 1.95. The van der Waals surface area contributed by atoms with Gasteiger partial charge in [0.2, 0.25) is 0 Å². The average Bonchev–Trinajstić information content (AvgIpc) is 2.48. The summed E-state index contributed by atoms with van der Waals surface area (Å²) in [5, 5.41) is 0.403. The van der Waals surface area contributed by atoms with Crippen molar-refractivity contribution in [3.8, 4) is 11.3 Å². The number of hydrogen-bond acceptors (Lipinski definition) is 4. The lowest BCUT2D eigenvalue weighted by atomic mass is 10.1. The van der Waals surface area contributed by atoms with Crippen molar-refractivity contribution in [2.24, 2.45) is 0 Å². The van der Waals surface area contributed by atoms with Crippen LogP contribution in [0, 0.1) is 0 Å². The Morgan fingerprint density at radius 3 is 2.68 bits per heavy atom. The Morgan fingerprint density at radius 1 is 1.11 bits per heavy atom. The van der Waals surface area contributed by atoms with Crippen LogP contribution in [-0.4, -0.2) is 15.7 Å². The van der Waals surface area contributed by atoms with Gasteiger partial charge < -0.3 is 5.73 Å². The molecule has 1 unspecified atom stereocenters. The summed E-state index contributed by atoms with van der Waals surface area (Å²) in [5.74, 6) is 2.65. The summed E-state index contributed by atoms with van der Waals surface area (Å²) in [6.07, 6.45) is 3.72. The third-order valence-electron chi connectivity index (χ3n) is 3.30. The molecule has 1 aliphatic rings. The van der Waals surface area contributed by atoms with Crippen molar-refractivity contribution in [1.82, 2.24) is 9.97 Å². The van der Waals surface area contributed by atoms with E-state index in [1.165, 1.54) is 18.6 Å². The summed E-state index contributed by atoms with van der Waals surface area (Å²) in [5.41, 5.74) is 7.96. The van der Waals surface area contributed by atoms with Crippen LogP contribution in [0.1, 0.15) is 30.3 Å². The van der Waals surface area contributed by atoms with Gasteiger partial charge in [-0.15, -0.1) is 0 Å². The molecule has 98 valence electrons. The van der Waals surface area contributed by atoms with E-state index < -0.39 is 0 Å². The fraction of sp³-hybridized carbons (Fsp3) is 0.333. The summed E-state index contributed by atoms with van der Waals surface area (Å²) in [7, 11) is 0. The normalized spacial score (nSPS) is 19.3. The van der Waals surface area contributed by atoms with E-state index in [0.29, 0.717) is 11.1 Å². The zero-order valence-corrected chi connectivity index (χ0v) is 11.6. The molecular weight excluding hydrogens is 254 g/mol. The maximum atomic E-state index is 5.94.